The first-order valence-corrected chi connectivity index (χ1v) is 16.8. The van der Waals surface area contributed by atoms with Gasteiger partial charge in [0, 0.05) is 0 Å². The third kappa shape index (κ3) is 5.69. The van der Waals surface area contributed by atoms with Crippen molar-refractivity contribution >= 4 is 32.3 Å². The molecule has 0 amide bonds. The summed E-state index contributed by atoms with van der Waals surface area (Å²) in [5, 5.41) is 5.01. The van der Waals surface area contributed by atoms with Gasteiger partial charge in [-0.1, -0.05) is 132 Å². The highest BCUT2D eigenvalue weighted by Gasteiger charge is 2.32. The summed E-state index contributed by atoms with van der Waals surface area (Å²) in [6, 6.07) is 42.5. The number of benzene rings is 8. The number of alkyl halides is 6. The summed E-state index contributed by atoms with van der Waals surface area (Å²) in [6.45, 7) is 4.01. The number of hydrogen-bond donors (Lipinski definition) is 0. The van der Waals surface area contributed by atoms with Gasteiger partial charge in [0.25, 0.3) is 0 Å². The molecular weight excluding hydrogens is 666 g/mol. The molecular formula is C46H30F6. The fourth-order valence-corrected chi connectivity index (χ4v) is 7.42. The van der Waals surface area contributed by atoms with E-state index in [1.165, 1.54) is 24.3 Å². The molecule has 256 valence electrons. The molecule has 0 spiro atoms. The van der Waals surface area contributed by atoms with E-state index < -0.39 is 23.5 Å². The van der Waals surface area contributed by atoms with E-state index in [4.69, 9.17) is 0 Å². The van der Waals surface area contributed by atoms with Gasteiger partial charge in [-0.3, -0.25) is 0 Å². The summed E-state index contributed by atoms with van der Waals surface area (Å²) >= 11 is 0. The Morgan fingerprint density at radius 1 is 0.308 bits per heavy atom. The lowest BCUT2D eigenvalue weighted by Crippen LogP contribution is -2.04. The van der Waals surface area contributed by atoms with E-state index >= 15 is 0 Å². The van der Waals surface area contributed by atoms with Crippen LogP contribution in [-0.4, -0.2) is 0 Å². The van der Waals surface area contributed by atoms with Gasteiger partial charge < -0.3 is 0 Å². The van der Waals surface area contributed by atoms with Gasteiger partial charge in [-0.25, -0.2) is 0 Å². The molecule has 0 aromatic heterocycles. The Morgan fingerprint density at radius 3 is 0.769 bits per heavy atom. The Kier molecular flexibility index (Phi) is 7.94. The second-order valence-corrected chi connectivity index (χ2v) is 13.2. The summed E-state index contributed by atoms with van der Waals surface area (Å²) < 4.78 is 83.2. The summed E-state index contributed by atoms with van der Waals surface area (Å²) in [6.07, 6.45) is -9.03. The van der Waals surface area contributed by atoms with Crippen LogP contribution in [0.1, 0.15) is 22.3 Å². The highest BCUT2D eigenvalue weighted by Crippen LogP contribution is 2.54. The minimum absolute atomic E-state index is 0.590. The van der Waals surface area contributed by atoms with E-state index in [9.17, 15) is 26.3 Å². The third-order valence-corrected chi connectivity index (χ3v) is 9.86. The molecule has 8 aromatic carbocycles. The molecule has 0 radical (unpaired) electrons. The lowest BCUT2D eigenvalue weighted by Gasteiger charge is -2.25. The molecule has 8 rings (SSSR count). The number of rotatable bonds is 4. The minimum Gasteiger partial charge on any atom is -0.166 e. The van der Waals surface area contributed by atoms with Crippen molar-refractivity contribution in [2.45, 2.75) is 26.2 Å². The Hall–Kier alpha value is -5.88. The standard InChI is InChI=1S/C46H30F6/c1-27-11-15-29(16-12-27)39-35-7-3-4-8-36(35)40(30-17-13-28(2)14-18-30)44-42(32-21-25-34(26-22-32)46(50,51)52)38-10-6-5-9-37(38)41(43(39)44)31-19-23-33(24-20-31)45(47,48)49/h3-26H,1-2H3. The third-order valence-electron chi connectivity index (χ3n) is 9.86. The zero-order valence-electron chi connectivity index (χ0n) is 28.1. The van der Waals surface area contributed by atoms with E-state index in [0.717, 1.165) is 101 Å². The summed E-state index contributed by atoms with van der Waals surface area (Å²) in [7, 11) is 0. The fraction of sp³-hybridized carbons (Fsp3) is 0.0870. The molecule has 6 heteroatoms. The predicted molar refractivity (Wildman–Crippen MR) is 200 cm³/mol. The van der Waals surface area contributed by atoms with Crippen LogP contribution in [0.25, 0.3) is 76.8 Å². The monoisotopic (exact) mass is 696 g/mol. The molecule has 0 unspecified atom stereocenters. The first-order valence-electron chi connectivity index (χ1n) is 16.8. The van der Waals surface area contributed by atoms with Crippen LogP contribution in [-0.2, 0) is 12.4 Å². The van der Waals surface area contributed by atoms with Crippen molar-refractivity contribution in [1.82, 2.24) is 0 Å². The molecule has 0 N–H and O–H groups in total. The smallest absolute Gasteiger partial charge is 0.166 e. The van der Waals surface area contributed by atoms with Gasteiger partial charge >= 0.3 is 12.4 Å². The molecule has 0 atom stereocenters. The van der Waals surface area contributed by atoms with Crippen molar-refractivity contribution in [3.8, 4) is 44.5 Å². The molecule has 0 fully saturated rings. The number of hydrogen-bond acceptors (Lipinski definition) is 0. The molecule has 0 aliphatic heterocycles. The molecule has 0 heterocycles. The summed E-state index contributed by atoms with van der Waals surface area (Å²) in [5.74, 6) is 0. The van der Waals surface area contributed by atoms with E-state index in [2.05, 4.69) is 12.1 Å². The largest absolute Gasteiger partial charge is 0.416 e. The number of fused-ring (bicyclic) bond motifs is 3. The molecule has 0 saturated carbocycles. The molecule has 52 heavy (non-hydrogen) atoms. The number of halogens is 6. The fourth-order valence-electron chi connectivity index (χ4n) is 7.42. The molecule has 0 aliphatic carbocycles. The van der Waals surface area contributed by atoms with Gasteiger partial charge in [-0.2, -0.15) is 26.3 Å². The summed E-state index contributed by atoms with van der Waals surface area (Å²) in [4.78, 5) is 0. The van der Waals surface area contributed by atoms with Crippen LogP contribution in [0.15, 0.2) is 146 Å². The maximum absolute atomic E-state index is 13.9. The minimum atomic E-state index is -4.52. The van der Waals surface area contributed by atoms with Crippen molar-refractivity contribution in [3.05, 3.63) is 168 Å². The highest BCUT2D eigenvalue weighted by atomic mass is 19.4. The van der Waals surface area contributed by atoms with Crippen molar-refractivity contribution in [3.63, 3.8) is 0 Å². The van der Waals surface area contributed by atoms with Gasteiger partial charge in [0.2, 0.25) is 0 Å². The van der Waals surface area contributed by atoms with E-state index in [0.29, 0.717) is 11.1 Å². The van der Waals surface area contributed by atoms with Gasteiger partial charge in [0.15, 0.2) is 0 Å². The predicted octanol–water partition coefficient (Wildman–Crippen LogP) is 14.5. The second kappa shape index (κ2) is 12.4. The Morgan fingerprint density at radius 2 is 0.538 bits per heavy atom. The quantitative estimate of drug-likeness (QED) is 0.127. The first kappa shape index (κ1) is 33.3. The van der Waals surface area contributed by atoms with Gasteiger partial charge in [-0.15, -0.1) is 0 Å². The maximum atomic E-state index is 13.9. The Balaban J connectivity index is 1.67. The lowest BCUT2D eigenvalue weighted by atomic mass is 9.77. The van der Waals surface area contributed by atoms with E-state index in [1.807, 2.05) is 98.8 Å². The summed E-state index contributed by atoms with van der Waals surface area (Å²) in [5.41, 5.74) is 6.86. The Labute approximate surface area is 296 Å². The molecule has 0 aliphatic rings. The molecule has 8 aromatic rings. The van der Waals surface area contributed by atoms with Crippen molar-refractivity contribution in [2.75, 3.05) is 0 Å². The van der Waals surface area contributed by atoms with Crippen LogP contribution >= 0.6 is 0 Å². The molecule has 0 nitrogen and oxygen atoms in total. The normalized spacial score (nSPS) is 12.2. The van der Waals surface area contributed by atoms with Crippen LogP contribution in [0.5, 0.6) is 0 Å². The zero-order chi connectivity index (χ0) is 36.4. The molecule has 0 saturated heterocycles. The van der Waals surface area contributed by atoms with Crippen molar-refractivity contribution in [1.29, 1.82) is 0 Å². The lowest BCUT2D eigenvalue weighted by molar-refractivity contribution is -0.138. The van der Waals surface area contributed by atoms with E-state index in [-0.39, 0.29) is 0 Å². The van der Waals surface area contributed by atoms with Crippen LogP contribution in [0.2, 0.25) is 0 Å². The van der Waals surface area contributed by atoms with Gasteiger partial charge in [0.05, 0.1) is 11.1 Å². The highest BCUT2D eigenvalue weighted by molar-refractivity contribution is 6.33. The topological polar surface area (TPSA) is 0 Å². The maximum Gasteiger partial charge on any atom is 0.416 e. The van der Waals surface area contributed by atoms with E-state index in [1.54, 1.807) is 0 Å². The van der Waals surface area contributed by atoms with Crippen LogP contribution in [0.3, 0.4) is 0 Å². The van der Waals surface area contributed by atoms with Crippen molar-refractivity contribution in [2.24, 2.45) is 0 Å². The average Bonchev–Trinajstić information content (AvgIpc) is 3.13. The second-order valence-electron chi connectivity index (χ2n) is 13.2. The number of aryl methyl sites for hydroxylation is 2. The van der Waals surface area contributed by atoms with Gasteiger partial charge in [-0.05, 0) is 115 Å². The zero-order valence-corrected chi connectivity index (χ0v) is 28.1. The van der Waals surface area contributed by atoms with Crippen LogP contribution < -0.4 is 0 Å². The average molecular weight is 697 g/mol. The first-order chi connectivity index (χ1) is 24.9. The molecule has 0 bridgehead atoms. The van der Waals surface area contributed by atoms with Crippen LogP contribution in [0.4, 0.5) is 26.3 Å². The van der Waals surface area contributed by atoms with Gasteiger partial charge in [0.1, 0.15) is 0 Å². The SMILES string of the molecule is Cc1ccc(-c2c3ccccc3c(-c3ccc(C)cc3)c3c(-c4ccc(C(F)(F)F)cc4)c4ccccc4c(-c4ccc(C(F)(F)F)cc4)c23)cc1. The van der Waals surface area contributed by atoms with Crippen molar-refractivity contribution < 1.29 is 26.3 Å². The van der Waals surface area contributed by atoms with Crippen LogP contribution in [0, 0.1) is 13.8 Å². The Bertz CT molecular complexity index is 2430.